The summed E-state index contributed by atoms with van der Waals surface area (Å²) in [7, 11) is 0. The molecule has 2 saturated heterocycles. The number of rotatable bonds is 12. The van der Waals surface area contributed by atoms with E-state index in [4.69, 9.17) is 9.26 Å². The van der Waals surface area contributed by atoms with Crippen molar-refractivity contribution in [2.75, 3.05) is 38.1 Å². The standard InChI is InChI=1S/C41H46N8O6S/c1-23(2)36(40(53)49-19-29(50)16-32(49)39(52)43-24(3)26-9-11-27(12-10-26)37-25(4)42-22-56-37)34-17-35(47-55-34)54-14-13-48-20-41(21-48)18-28-15-31(45-46-38(28)44-41)30-7-5-6-8-33(30)51/h5-12,15,17,22-24,29,32,36,50-51H,13-14,16,18-21H2,1-4H3,(H,43,52)(H,44,46)/t24-,29+,32-,36+/m0/s1. The van der Waals surface area contributed by atoms with E-state index in [9.17, 15) is 19.8 Å². The molecule has 4 N–H and O–H groups in total. The number of aliphatic hydroxyl groups is 1. The number of nitrogens with zero attached hydrogens (tertiary/aromatic N) is 6. The Morgan fingerprint density at radius 2 is 1.89 bits per heavy atom. The summed E-state index contributed by atoms with van der Waals surface area (Å²) < 4.78 is 11.6. The summed E-state index contributed by atoms with van der Waals surface area (Å²) in [6, 6.07) is 17.7. The minimum absolute atomic E-state index is 0.0521. The number of anilines is 1. The van der Waals surface area contributed by atoms with Gasteiger partial charge in [-0.15, -0.1) is 21.5 Å². The van der Waals surface area contributed by atoms with Crippen LogP contribution in [0.25, 0.3) is 21.7 Å². The first kappa shape index (κ1) is 37.5. The Balaban J connectivity index is 0.839. The monoisotopic (exact) mass is 778 g/mol. The van der Waals surface area contributed by atoms with Gasteiger partial charge in [-0.3, -0.25) is 14.5 Å². The Hall–Kier alpha value is -5.38. The minimum Gasteiger partial charge on any atom is -0.507 e. The number of β-amino-alcohol motifs (C(OH)–C–C–N with tert-alkyl or cyclic N) is 1. The second kappa shape index (κ2) is 15.3. The third-order valence-electron chi connectivity index (χ3n) is 11.1. The van der Waals surface area contributed by atoms with Crippen LogP contribution in [-0.2, 0) is 16.0 Å². The van der Waals surface area contributed by atoms with Gasteiger partial charge < -0.3 is 35.0 Å². The molecule has 0 bridgehead atoms. The van der Waals surface area contributed by atoms with Gasteiger partial charge in [0.15, 0.2) is 11.6 Å². The average Bonchev–Trinajstić information content (AvgIpc) is 3.97. The van der Waals surface area contributed by atoms with Gasteiger partial charge in [-0.25, -0.2) is 4.98 Å². The van der Waals surface area contributed by atoms with Crippen LogP contribution in [0.5, 0.6) is 11.6 Å². The molecule has 2 fully saturated rings. The number of fused-ring (bicyclic) bond motifs is 1. The van der Waals surface area contributed by atoms with E-state index in [0.29, 0.717) is 30.2 Å². The molecule has 56 heavy (non-hydrogen) atoms. The van der Waals surface area contributed by atoms with Gasteiger partial charge >= 0.3 is 0 Å². The number of aromatic hydroxyl groups is 1. The first-order valence-electron chi connectivity index (χ1n) is 19.0. The number of aryl methyl sites for hydroxylation is 1. The molecule has 0 radical (unpaired) electrons. The molecular formula is C41H46N8O6S. The molecule has 8 rings (SSSR count). The maximum atomic E-state index is 14.1. The van der Waals surface area contributed by atoms with E-state index in [-0.39, 0.29) is 53.9 Å². The fourth-order valence-electron chi connectivity index (χ4n) is 8.19. The number of aliphatic hydroxyl groups excluding tert-OH is 1. The van der Waals surface area contributed by atoms with Crippen molar-refractivity contribution in [2.45, 2.75) is 70.2 Å². The molecule has 5 aromatic rings. The quantitative estimate of drug-likeness (QED) is 0.134. The number of hydrogen-bond donors (Lipinski definition) is 4. The van der Waals surface area contributed by atoms with Crippen molar-refractivity contribution < 1.29 is 29.1 Å². The van der Waals surface area contributed by atoms with E-state index in [2.05, 4.69) is 35.9 Å². The van der Waals surface area contributed by atoms with Gasteiger partial charge in [0, 0.05) is 56.2 Å². The molecule has 14 nitrogen and oxygen atoms in total. The molecule has 0 aliphatic carbocycles. The summed E-state index contributed by atoms with van der Waals surface area (Å²) >= 11 is 1.59. The first-order chi connectivity index (χ1) is 27.0. The first-order valence-corrected chi connectivity index (χ1v) is 19.9. The zero-order valence-electron chi connectivity index (χ0n) is 31.8. The van der Waals surface area contributed by atoms with Crippen molar-refractivity contribution in [3.8, 4) is 33.3 Å². The smallest absolute Gasteiger partial charge is 0.254 e. The van der Waals surface area contributed by atoms with Crippen LogP contribution in [0.4, 0.5) is 5.82 Å². The zero-order chi connectivity index (χ0) is 39.1. The lowest BCUT2D eigenvalue weighted by molar-refractivity contribution is -0.141. The van der Waals surface area contributed by atoms with Gasteiger partial charge in [-0.05, 0) is 54.2 Å². The average molecular weight is 779 g/mol. The van der Waals surface area contributed by atoms with E-state index in [1.807, 2.05) is 75.7 Å². The largest absolute Gasteiger partial charge is 0.507 e. The maximum Gasteiger partial charge on any atom is 0.254 e. The van der Waals surface area contributed by atoms with Crippen molar-refractivity contribution in [1.82, 2.24) is 35.5 Å². The number of aromatic nitrogens is 4. The molecule has 3 aliphatic heterocycles. The summed E-state index contributed by atoms with van der Waals surface area (Å²) in [4.78, 5) is 37.0. The number of likely N-dealkylation sites (tertiary alicyclic amines) is 2. The summed E-state index contributed by atoms with van der Waals surface area (Å²) in [5.41, 5.74) is 7.06. The van der Waals surface area contributed by atoms with Crippen molar-refractivity contribution in [3.05, 3.63) is 88.8 Å². The number of nitrogens with one attached hydrogen (secondary N) is 2. The highest BCUT2D eigenvalue weighted by molar-refractivity contribution is 7.13. The molecule has 6 heterocycles. The normalized spacial score (nSPS) is 19.7. The van der Waals surface area contributed by atoms with Crippen LogP contribution in [0.15, 0.2) is 70.7 Å². The van der Waals surface area contributed by atoms with Crippen LogP contribution in [0.2, 0.25) is 0 Å². The highest BCUT2D eigenvalue weighted by atomic mass is 32.1. The van der Waals surface area contributed by atoms with Gasteiger partial charge in [-0.1, -0.05) is 50.2 Å². The molecular weight excluding hydrogens is 733 g/mol. The van der Waals surface area contributed by atoms with Crippen LogP contribution < -0.4 is 15.4 Å². The Labute approximate surface area is 328 Å². The van der Waals surface area contributed by atoms with Crippen LogP contribution in [0.3, 0.4) is 0 Å². The molecule has 292 valence electrons. The SMILES string of the molecule is Cc1ncsc1-c1ccc([C@H](C)NC(=O)[C@@H]2C[C@@H](O)CN2C(=O)[C@@H](c2cc(OCCN3CC4(Cc5cc(-c6ccccc6O)nnc5N4)C3)no2)C(C)C)cc1. The lowest BCUT2D eigenvalue weighted by Crippen LogP contribution is -2.65. The van der Waals surface area contributed by atoms with Gasteiger partial charge in [0.1, 0.15) is 24.3 Å². The summed E-state index contributed by atoms with van der Waals surface area (Å²) in [5.74, 6) is 0.0730. The van der Waals surface area contributed by atoms with E-state index in [1.165, 1.54) is 4.90 Å². The number of phenolic OH excluding ortho intramolecular Hbond substituents is 1. The molecule has 4 atom stereocenters. The van der Waals surface area contributed by atoms with Crippen molar-refractivity contribution in [3.63, 3.8) is 0 Å². The Morgan fingerprint density at radius 3 is 2.62 bits per heavy atom. The minimum atomic E-state index is -0.827. The van der Waals surface area contributed by atoms with E-state index < -0.39 is 18.1 Å². The Bertz CT molecular complexity index is 2220. The van der Waals surface area contributed by atoms with Gasteiger partial charge in [-0.2, -0.15) is 0 Å². The van der Waals surface area contributed by atoms with E-state index in [1.54, 1.807) is 29.5 Å². The second-order valence-corrected chi connectivity index (χ2v) is 16.4. The third-order valence-corrected chi connectivity index (χ3v) is 12.0. The lowest BCUT2D eigenvalue weighted by atomic mass is 9.87. The van der Waals surface area contributed by atoms with E-state index in [0.717, 1.165) is 52.6 Å². The summed E-state index contributed by atoms with van der Waals surface area (Å²) in [6.45, 7) is 10.4. The second-order valence-electron chi connectivity index (χ2n) is 15.6. The number of para-hydroxylation sites is 1. The number of phenols is 1. The molecule has 15 heteroatoms. The number of amides is 2. The number of thiazole rings is 1. The number of ether oxygens (including phenoxy) is 1. The van der Waals surface area contributed by atoms with Crippen LogP contribution >= 0.6 is 11.3 Å². The Morgan fingerprint density at radius 1 is 1.11 bits per heavy atom. The van der Waals surface area contributed by atoms with Crippen LogP contribution in [0.1, 0.15) is 61.7 Å². The topological polar surface area (TPSA) is 179 Å². The van der Waals surface area contributed by atoms with Gasteiger partial charge in [0.25, 0.3) is 5.88 Å². The van der Waals surface area contributed by atoms with Crippen molar-refractivity contribution >= 4 is 29.0 Å². The summed E-state index contributed by atoms with van der Waals surface area (Å²) in [5, 5.41) is 40.4. The highest BCUT2D eigenvalue weighted by Gasteiger charge is 2.48. The number of carbonyl (C=O) groups is 2. The predicted octanol–water partition coefficient (Wildman–Crippen LogP) is 4.95. The molecule has 0 unspecified atom stereocenters. The fraction of sp³-hybridized carbons (Fsp3) is 0.415. The third kappa shape index (κ3) is 7.45. The number of benzene rings is 2. The van der Waals surface area contributed by atoms with Crippen LogP contribution in [0, 0.1) is 12.8 Å². The van der Waals surface area contributed by atoms with Crippen LogP contribution in [-0.4, -0.2) is 103 Å². The van der Waals surface area contributed by atoms with Crippen molar-refractivity contribution in [1.29, 1.82) is 0 Å². The maximum absolute atomic E-state index is 14.1. The number of carbonyl (C=O) groups excluding carboxylic acids is 2. The molecule has 0 saturated carbocycles. The fourth-order valence-corrected chi connectivity index (χ4v) is 9.00. The molecule has 3 aliphatic rings. The zero-order valence-corrected chi connectivity index (χ0v) is 32.6. The lowest BCUT2D eigenvalue weighted by Gasteiger charge is -2.48. The predicted molar refractivity (Wildman–Crippen MR) is 210 cm³/mol. The highest BCUT2D eigenvalue weighted by Crippen LogP contribution is 2.39. The summed E-state index contributed by atoms with van der Waals surface area (Å²) in [6.07, 6.45) is 0.136. The molecule has 1 spiro atoms. The van der Waals surface area contributed by atoms with Gasteiger partial charge in [0.2, 0.25) is 11.8 Å². The van der Waals surface area contributed by atoms with E-state index >= 15 is 0 Å². The van der Waals surface area contributed by atoms with Gasteiger partial charge in [0.05, 0.1) is 39.5 Å². The molecule has 3 aromatic heterocycles. The molecule has 2 amide bonds. The Kier molecular flexibility index (Phi) is 10.2. The number of hydrogen-bond acceptors (Lipinski definition) is 13. The molecule has 2 aromatic carbocycles. The van der Waals surface area contributed by atoms with Crippen molar-refractivity contribution in [2.24, 2.45) is 5.92 Å².